The number of hydrogen-bond acceptors (Lipinski definition) is 2. The summed E-state index contributed by atoms with van der Waals surface area (Å²) in [5.74, 6) is 0. The molecule has 0 aromatic carbocycles. The van der Waals surface area contributed by atoms with Gasteiger partial charge in [0.05, 0.1) is 5.69 Å². The summed E-state index contributed by atoms with van der Waals surface area (Å²) < 4.78 is 0. The molecular formula is C18H32N2. The molecule has 0 aliphatic rings. The quantitative estimate of drug-likeness (QED) is 0.486. The Kier molecular flexibility index (Phi) is 8.48. The monoisotopic (exact) mass is 276 g/mol. The molecular weight excluding hydrogens is 244 g/mol. The second-order valence-corrected chi connectivity index (χ2v) is 6.29. The van der Waals surface area contributed by atoms with Crippen molar-refractivity contribution < 1.29 is 0 Å². The van der Waals surface area contributed by atoms with Gasteiger partial charge in [-0.1, -0.05) is 72.1 Å². The lowest BCUT2D eigenvalue weighted by Crippen LogP contribution is -2.24. The van der Waals surface area contributed by atoms with Crippen LogP contribution in [0.25, 0.3) is 0 Å². The van der Waals surface area contributed by atoms with Gasteiger partial charge in [0, 0.05) is 11.6 Å². The summed E-state index contributed by atoms with van der Waals surface area (Å²) in [6, 6.07) is 4.19. The van der Waals surface area contributed by atoms with E-state index in [9.17, 15) is 0 Å². The van der Waals surface area contributed by atoms with E-state index in [0.717, 1.165) is 0 Å². The Hall–Kier alpha value is -0.920. The highest BCUT2D eigenvalue weighted by molar-refractivity contribution is 5.13. The van der Waals surface area contributed by atoms with Crippen molar-refractivity contribution in [3.63, 3.8) is 0 Å². The molecule has 0 saturated carbocycles. The van der Waals surface area contributed by atoms with Crippen LogP contribution in [0.4, 0.5) is 0 Å². The van der Waals surface area contributed by atoms with Crippen LogP contribution in [0.5, 0.6) is 0 Å². The first-order valence-electron chi connectivity index (χ1n) is 8.51. The molecule has 0 fully saturated rings. The smallest absolute Gasteiger partial charge is 0.0689 e. The summed E-state index contributed by atoms with van der Waals surface area (Å²) in [4.78, 5) is 0. The zero-order valence-electron chi connectivity index (χ0n) is 13.7. The highest BCUT2D eigenvalue weighted by atomic mass is 15.1. The van der Waals surface area contributed by atoms with Crippen molar-refractivity contribution in [3.05, 3.63) is 24.0 Å². The van der Waals surface area contributed by atoms with Gasteiger partial charge in [0.15, 0.2) is 0 Å². The maximum atomic E-state index is 4.40. The summed E-state index contributed by atoms with van der Waals surface area (Å²) in [7, 11) is 0. The molecule has 114 valence electrons. The highest BCUT2D eigenvalue weighted by Crippen LogP contribution is 2.33. The predicted octanol–water partition coefficient (Wildman–Crippen LogP) is 5.68. The molecule has 0 N–H and O–H groups in total. The summed E-state index contributed by atoms with van der Waals surface area (Å²) in [5.41, 5.74) is 1.41. The SMILES string of the molecule is CCCCCCC(C)(CCCCCC)c1cccnn1. The summed E-state index contributed by atoms with van der Waals surface area (Å²) in [6.45, 7) is 6.92. The van der Waals surface area contributed by atoms with Gasteiger partial charge in [-0.15, -0.1) is 0 Å². The molecule has 2 heteroatoms. The predicted molar refractivity (Wildman–Crippen MR) is 86.9 cm³/mol. The van der Waals surface area contributed by atoms with Crippen molar-refractivity contribution >= 4 is 0 Å². The number of nitrogens with zero attached hydrogens (tertiary/aromatic N) is 2. The van der Waals surface area contributed by atoms with Crippen LogP contribution in [0.15, 0.2) is 18.3 Å². The fourth-order valence-corrected chi connectivity index (χ4v) is 2.89. The Morgan fingerprint density at radius 2 is 1.50 bits per heavy atom. The van der Waals surface area contributed by atoms with E-state index >= 15 is 0 Å². The molecule has 1 aromatic rings. The van der Waals surface area contributed by atoms with E-state index in [1.807, 2.05) is 6.07 Å². The maximum Gasteiger partial charge on any atom is 0.0689 e. The van der Waals surface area contributed by atoms with E-state index in [1.165, 1.54) is 69.9 Å². The van der Waals surface area contributed by atoms with Gasteiger partial charge >= 0.3 is 0 Å². The normalized spacial score (nSPS) is 11.8. The Morgan fingerprint density at radius 1 is 0.900 bits per heavy atom. The van der Waals surface area contributed by atoms with E-state index in [-0.39, 0.29) is 5.41 Å². The third-order valence-corrected chi connectivity index (χ3v) is 4.35. The molecule has 2 nitrogen and oxygen atoms in total. The van der Waals surface area contributed by atoms with Gasteiger partial charge in [0.2, 0.25) is 0 Å². The molecule has 1 heterocycles. The fourth-order valence-electron chi connectivity index (χ4n) is 2.89. The van der Waals surface area contributed by atoms with Crippen LogP contribution in [0, 0.1) is 0 Å². The van der Waals surface area contributed by atoms with Crippen LogP contribution in [-0.4, -0.2) is 10.2 Å². The first kappa shape index (κ1) is 17.1. The first-order valence-corrected chi connectivity index (χ1v) is 8.51. The Balaban J connectivity index is 2.57. The minimum Gasteiger partial charge on any atom is -0.159 e. The highest BCUT2D eigenvalue weighted by Gasteiger charge is 2.27. The van der Waals surface area contributed by atoms with Gasteiger partial charge in [0.1, 0.15) is 0 Å². The molecule has 20 heavy (non-hydrogen) atoms. The van der Waals surface area contributed by atoms with Gasteiger partial charge in [-0.2, -0.15) is 10.2 Å². The van der Waals surface area contributed by atoms with Crippen molar-refractivity contribution in [3.8, 4) is 0 Å². The van der Waals surface area contributed by atoms with Gasteiger partial charge < -0.3 is 0 Å². The van der Waals surface area contributed by atoms with Crippen LogP contribution < -0.4 is 0 Å². The lowest BCUT2D eigenvalue weighted by atomic mass is 9.77. The number of unbranched alkanes of at least 4 members (excludes halogenated alkanes) is 6. The molecule has 0 atom stereocenters. The molecule has 0 radical (unpaired) electrons. The summed E-state index contributed by atoms with van der Waals surface area (Å²) in [6.07, 6.45) is 14.9. The maximum absolute atomic E-state index is 4.40. The van der Waals surface area contributed by atoms with Gasteiger partial charge in [-0.3, -0.25) is 0 Å². The fraction of sp³-hybridized carbons (Fsp3) is 0.778. The number of aromatic nitrogens is 2. The third-order valence-electron chi connectivity index (χ3n) is 4.35. The number of hydrogen-bond donors (Lipinski definition) is 0. The van der Waals surface area contributed by atoms with E-state index in [2.05, 4.69) is 37.0 Å². The van der Waals surface area contributed by atoms with Crippen molar-refractivity contribution in [1.82, 2.24) is 10.2 Å². The Morgan fingerprint density at radius 3 is 1.95 bits per heavy atom. The lowest BCUT2D eigenvalue weighted by Gasteiger charge is -2.29. The zero-order chi connectivity index (χ0) is 14.7. The molecule has 1 aromatic heterocycles. The molecule has 0 aliphatic heterocycles. The van der Waals surface area contributed by atoms with Crippen LogP contribution in [0.1, 0.15) is 90.7 Å². The van der Waals surface area contributed by atoms with Crippen molar-refractivity contribution in [2.24, 2.45) is 0 Å². The van der Waals surface area contributed by atoms with Gasteiger partial charge in [-0.25, -0.2) is 0 Å². The zero-order valence-corrected chi connectivity index (χ0v) is 13.7. The molecule has 1 rings (SSSR count). The van der Waals surface area contributed by atoms with Crippen LogP contribution in [-0.2, 0) is 5.41 Å². The molecule has 0 bridgehead atoms. The Labute approximate surface area is 125 Å². The number of rotatable bonds is 11. The average Bonchev–Trinajstić information content (AvgIpc) is 2.49. The molecule has 0 aliphatic carbocycles. The minimum atomic E-state index is 0.218. The van der Waals surface area contributed by atoms with Crippen LogP contribution in [0.3, 0.4) is 0 Å². The minimum absolute atomic E-state index is 0.218. The van der Waals surface area contributed by atoms with E-state index in [1.54, 1.807) is 6.20 Å². The molecule has 0 spiro atoms. The summed E-state index contributed by atoms with van der Waals surface area (Å²) >= 11 is 0. The molecule has 0 saturated heterocycles. The van der Waals surface area contributed by atoms with Crippen molar-refractivity contribution in [2.45, 2.75) is 90.4 Å². The second-order valence-electron chi connectivity index (χ2n) is 6.29. The lowest BCUT2D eigenvalue weighted by molar-refractivity contribution is 0.352. The van der Waals surface area contributed by atoms with Gasteiger partial charge in [-0.05, 0) is 25.0 Å². The average molecular weight is 276 g/mol. The van der Waals surface area contributed by atoms with Crippen LogP contribution >= 0.6 is 0 Å². The summed E-state index contributed by atoms with van der Waals surface area (Å²) in [5, 5.41) is 8.49. The van der Waals surface area contributed by atoms with E-state index in [0.29, 0.717) is 0 Å². The van der Waals surface area contributed by atoms with Crippen LogP contribution in [0.2, 0.25) is 0 Å². The third kappa shape index (κ3) is 6.02. The molecule has 0 unspecified atom stereocenters. The van der Waals surface area contributed by atoms with Gasteiger partial charge in [0.25, 0.3) is 0 Å². The second kappa shape index (κ2) is 9.90. The van der Waals surface area contributed by atoms with Crippen molar-refractivity contribution in [2.75, 3.05) is 0 Å². The Bertz CT molecular complexity index is 323. The van der Waals surface area contributed by atoms with Crippen molar-refractivity contribution in [1.29, 1.82) is 0 Å². The topological polar surface area (TPSA) is 25.8 Å². The standard InChI is InChI=1S/C18H32N2/c1-4-6-8-10-14-18(3,15-11-9-7-5-2)17-13-12-16-19-20-17/h12-13,16H,4-11,14-15H2,1-3H3. The van der Waals surface area contributed by atoms with E-state index in [4.69, 9.17) is 0 Å². The molecule has 0 amide bonds. The largest absolute Gasteiger partial charge is 0.159 e. The first-order chi connectivity index (χ1) is 9.73. The van der Waals surface area contributed by atoms with E-state index < -0.39 is 0 Å².